The predicted octanol–water partition coefficient (Wildman–Crippen LogP) is 4.48. The van der Waals surface area contributed by atoms with Gasteiger partial charge in [0, 0.05) is 36.7 Å². The molecule has 1 aliphatic rings. The monoisotopic (exact) mass is 483 g/mol. The van der Waals surface area contributed by atoms with Gasteiger partial charge in [-0.25, -0.2) is 8.42 Å². The highest BCUT2D eigenvalue weighted by Gasteiger charge is 2.27. The normalized spacial score (nSPS) is 15.8. The van der Waals surface area contributed by atoms with Gasteiger partial charge in [-0.05, 0) is 68.1 Å². The third-order valence-electron chi connectivity index (χ3n) is 6.37. The zero-order valence-corrected chi connectivity index (χ0v) is 20.7. The van der Waals surface area contributed by atoms with Gasteiger partial charge in [0.15, 0.2) is 0 Å². The van der Waals surface area contributed by atoms with Crippen LogP contribution in [0.1, 0.15) is 51.1 Å². The van der Waals surface area contributed by atoms with E-state index >= 15 is 0 Å². The van der Waals surface area contributed by atoms with Gasteiger partial charge in [-0.1, -0.05) is 25.5 Å². The minimum absolute atomic E-state index is 0.0705. The van der Waals surface area contributed by atoms with Gasteiger partial charge in [0.2, 0.25) is 15.9 Å². The summed E-state index contributed by atoms with van der Waals surface area (Å²) in [6, 6.07) is 14.4. The second-order valence-electron chi connectivity index (χ2n) is 8.63. The molecule has 0 unspecified atom stereocenters. The van der Waals surface area contributed by atoms with E-state index in [4.69, 9.17) is 4.74 Å². The molecule has 3 aromatic rings. The fourth-order valence-electron chi connectivity index (χ4n) is 4.51. The van der Waals surface area contributed by atoms with Crippen molar-refractivity contribution in [3.63, 3.8) is 0 Å². The molecule has 0 bridgehead atoms. The van der Waals surface area contributed by atoms with Gasteiger partial charge >= 0.3 is 0 Å². The van der Waals surface area contributed by atoms with Crippen molar-refractivity contribution in [1.29, 1.82) is 0 Å². The molecule has 0 radical (unpaired) electrons. The van der Waals surface area contributed by atoms with E-state index in [0.717, 1.165) is 41.5 Å². The Bertz CT molecular complexity index is 1230. The van der Waals surface area contributed by atoms with Crippen LogP contribution < -0.4 is 10.1 Å². The summed E-state index contributed by atoms with van der Waals surface area (Å²) in [4.78, 5) is 13.3. The third kappa shape index (κ3) is 5.13. The third-order valence-corrected chi connectivity index (χ3v) is 8.27. The van der Waals surface area contributed by atoms with Crippen LogP contribution in [0.15, 0.2) is 59.6 Å². The molecule has 2 heterocycles. The summed E-state index contributed by atoms with van der Waals surface area (Å²) < 4.78 is 35.1. The van der Waals surface area contributed by atoms with Gasteiger partial charge in [-0.15, -0.1) is 0 Å². The number of hydrogen-bond donors (Lipinski definition) is 1. The van der Waals surface area contributed by atoms with Gasteiger partial charge in [0.25, 0.3) is 0 Å². The van der Waals surface area contributed by atoms with Gasteiger partial charge in [-0.3, -0.25) is 4.79 Å². The molecule has 1 aliphatic heterocycles. The number of carbonyl (C=O) groups excluding carboxylic acids is 1. The van der Waals surface area contributed by atoms with Gasteiger partial charge < -0.3 is 14.6 Å². The smallest absolute Gasteiger partial charge is 0.243 e. The number of rotatable bonds is 9. The largest absolute Gasteiger partial charge is 0.494 e. The molecule has 1 amide bonds. The van der Waals surface area contributed by atoms with Crippen LogP contribution >= 0.6 is 0 Å². The highest BCUT2D eigenvalue weighted by molar-refractivity contribution is 7.89. The Morgan fingerprint density at radius 1 is 1.03 bits per heavy atom. The van der Waals surface area contributed by atoms with Crippen molar-refractivity contribution in [3.05, 3.63) is 60.3 Å². The summed E-state index contributed by atoms with van der Waals surface area (Å²) in [7, 11) is -3.50. The average molecular weight is 484 g/mol. The highest BCUT2D eigenvalue weighted by Crippen LogP contribution is 2.27. The molecule has 4 rings (SSSR count). The number of nitrogens with zero attached hydrogens (tertiary/aromatic N) is 2. The lowest BCUT2D eigenvalue weighted by molar-refractivity contribution is -0.124. The first-order chi connectivity index (χ1) is 16.4. The summed E-state index contributed by atoms with van der Waals surface area (Å²) >= 11 is 0. The molecule has 1 fully saturated rings. The fraction of sp³-hybridized carbons (Fsp3) is 0.423. The molecule has 1 saturated heterocycles. The van der Waals surface area contributed by atoms with Gasteiger partial charge in [-0.2, -0.15) is 4.31 Å². The van der Waals surface area contributed by atoms with Crippen molar-refractivity contribution in [2.75, 3.05) is 19.7 Å². The highest BCUT2D eigenvalue weighted by atomic mass is 32.2. The van der Waals surface area contributed by atoms with E-state index < -0.39 is 10.0 Å². The summed E-state index contributed by atoms with van der Waals surface area (Å²) in [6.07, 6.45) is 5.37. The van der Waals surface area contributed by atoms with Gasteiger partial charge in [0.1, 0.15) is 11.8 Å². The molecule has 0 aliphatic carbocycles. The first-order valence-electron chi connectivity index (χ1n) is 12.0. The first kappa shape index (κ1) is 24.3. The van der Waals surface area contributed by atoms with E-state index in [1.54, 1.807) is 16.4 Å². The van der Waals surface area contributed by atoms with Crippen molar-refractivity contribution >= 4 is 26.8 Å². The lowest BCUT2D eigenvalue weighted by atomic mass is 10.1. The Morgan fingerprint density at radius 2 is 1.76 bits per heavy atom. The molecule has 8 heteroatoms. The number of sulfonamides is 1. The maximum absolute atomic E-state index is 13.1. The van der Waals surface area contributed by atoms with Crippen LogP contribution in [0.5, 0.6) is 5.75 Å². The van der Waals surface area contributed by atoms with E-state index in [1.807, 2.05) is 61.0 Å². The Labute approximate surface area is 201 Å². The number of fused-ring (bicyclic) bond motifs is 1. The summed E-state index contributed by atoms with van der Waals surface area (Å²) in [5.74, 6) is 0.739. The maximum Gasteiger partial charge on any atom is 0.243 e. The van der Waals surface area contributed by atoms with E-state index in [9.17, 15) is 13.2 Å². The second kappa shape index (κ2) is 10.6. The minimum Gasteiger partial charge on any atom is -0.494 e. The Balaban J connectivity index is 1.49. The van der Waals surface area contributed by atoms with Crippen LogP contribution in [0, 0.1) is 0 Å². The number of hydrogen-bond acceptors (Lipinski definition) is 4. The van der Waals surface area contributed by atoms with Crippen LogP contribution in [-0.2, 0) is 21.4 Å². The maximum atomic E-state index is 13.1. The molecule has 0 spiro atoms. The van der Waals surface area contributed by atoms with Crippen LogP contribution in [0.2, 0.25) is 0 Å². The molecule has 1 N–H and O–H groups in total. The lowest BCUT2D eigenvalue weighted by Crippen LogP contribution is -2.35. The van der Waals surface area contributed by atoms with Crippen molar-refractivity contribution < 1.29 is 17.9 Å². The molecular formula is C26H33N3O4S. The van der Waals surface area contributed by atoms with E-state index in [2.05, 4.69) is 5.32 Å². The standard InChI is InChI=1S/C26H33N3O4S/c1-3-24(26(30)27-19-20-8-10-22(11-9-20)33-4-2)29-17-14-21-18-23(12-13-25(21)29)34(31,32)28-15-6-5-7-16-28/h8-14,17-18,24H,3-7,15-16,19H2,1-2H3,(H,27,30)/t24-/m0/s1. The summed E-state index contributed by atoms with van der Waals surface area (Å²) in [5, 5.41) is 3.85. The SMILES string of the molecule is CCOc1ccc(CNC(=O)[C@H](CC)n2ccc3cc(S(=O)(=O)N4CCCCC4)ccc32)cc1. The first-order valence-corrected chi connectivity index (χ1v) is 13.5. The van der Waals surface area contributed by atoms with Crippen LogP contribution in [0.25, 0.3) is 10.9 Å². The van der Waals surface area contributed by atoms with Crippen molar-refractivity contribution in [1.82, 2.24) is 14.2 Å². The van der Waals surface area contributed by atoms with E-state index in [0.29, 0.717) is 37.6 Å². The molecule has 7 nitrogen and oxygen atoms in total. The molecular weight excluding hydrogens is 450 g/mol. The molecule has 1 aromatic heterocycles. The summed E-state index contributed by atoms with van der Waals surface area (Å²) in [6.45, 7) is 6.12. The molecule has 34 heavy (non-hydrogen) atoms. The number of amides is 1. The Hall–Kier alpha value is -2.84. The summed E-state index contributed by atoms with van der Waals surface area (Å²) in [5.41, 5.74) is 1.84. The quantitative estimate of drug-likeness (QED) is 0.487. The zero-order valence-electron chi connectivity index (χ0n) is 19.9. The number of nitrogens with one attached hydrogen (secondary N) is 1. The predicted molar refractivity (Wildman–Crippen MR) is 133 cm³/mol. The number of aromatic nitrogens is 1. The Kier molecular flexibility index (Phi) is 7.58. The van der Waals surface area contributed by atoms with Crippen LogP contribution in [0.3, 0.4) is 0 Å². The fourth-order valence-corrected chi connectivity index (χ4v) is 6.07. The lowest BCUT2D eigenvalue weighted by Gasteiger charge is -2.26. The topological polar surface area (TPSA) is 80.6 Å². The minimum atomic E-state index is -3.50. The number of piperidine rings is 1. The average Bonchev–Trinajstić information content (AvgIpc) is 3.28. The number of carbonyl (C=O) groups is 1. The molecule has 2 aromatic carbocycles. The van der Waals surface area contributed by atoms with Gasteiger partial charge in [0.05, 0.1) is 11.5 Å². The molecule has 1 atom stereocenters. The van der Waals surface area contributed by atoms with E-state index in [-0.39, 0.29) is 11.9 Å². The van der Waals surface area contributed by atoms with E-state index in [1.165, 1.54) is 0 Å². The number of ether oxygens (including phenoxy) is 1. The molecule has 182 valence electrons. The van der Waals surface area contributed by atoms with Crippen molar-refractivity contribution in [2.45, 2.75) is 57.0 Å². The van der Waals surface area contributed by atoms with Crippen LogP contribution in [0.4, 0.5) is 0 Å². The van der Waals surface area contributed by atoms with Crippen LogP contribution in [-0.4, -0.2) is 42.9 Å². The molecule has 0 saturated carbocycles. The number of benzene rings is 2. The van der Waals surface area contributed by atoms with Crippen molar-refractivity contribution in [2.24, 2.45) is 0 Å². The second-order valence-corrected chi connectivity index (χ2v) is 10.6. The van der Waals surface area contributed by atoms with Crippen molar-refractivity contribution in [3.8, 4) is 5.75 Å². The Morgan fingerprint density at radius 3 is 2.44 bits per heavy atom. The zero-order chi connectivity index (χ0) is 24.1.